The average molecular weight is 333 g/mol. The second-order valence-electron chi connectivity index (χ2n) is 5.09. The molecule has 2 atom stereocenters. The van der Waals surface area contributed by atoms with Crippen LogP contribution < -0.4 is 5.32 Å². The molecule has 0 saturated heterocycles. The highest BCUT2D eigenvalue weighted by Gasteiger charge is 2.22. The molecule has 1 aromatic carbocycles. The number of aromatic nitrogens is 2. The maximum Gasteiger partial charge on any atom is 0.305 e. The Labute approximate surface area is 138 Å². The Morgan fingerprint density at radius 1 is 1.35 bits per heavy atom. The molecular weight excluding hydrogens is 314 g/mol. The lowest BCUT2D eigenvalue weighted by Gasteiger charge is -2.20. The van der Waals surface area contributed by atoms with Gasteiger partial charge < -0.3 is 10.4 Å². The minimum atomic E-state index is -0.962. The number of benzene rings is 1. The van der Waals surface area contributed by atoms with Crippen LogP contribution in [0.5, 0.6) is 0 Å². The maximum atomic E-state index is 12.4. The fourth-order valence-electron chi connectivity index (χ4n) is 2.19. The summed E-state index contributed by atoms with van der Waals surface area (Å²) in [4.78, 5) is 24.6. The van der Waals surface area contributed by atoms with Crippen LogP contribution in [0.2, 0.25) is 0 Å². The molecule has 0 saturated carbocycles. The van der Waals surface area contributed by atoms with Gasteiger partial charge in [0.15, 0.2) is 0 Å². The summed E-state index contributed by atoms with van der Waals surface area (Å²) in [6, 6.07) is 8.17. The van der Waals surface area contributed by atoms with Gasteiger partial charge in [-0.05, 0) is 36.9 Å². The summed E-state index contributed by atoms with van der Waals surface area (Å²) in [5.41, 5.74) is 0.770. The zero-order chi connectivity index (χ0) is 16.8. The van der Waals surface area contributed by atoms with Crippen LogP contribution in [-0.4, -0.2) is 33.0 Å². The third kappa shape index (κ3) is 4.59. The molecule has 0 aliphatic carbocycles. The molecule has 0 bridgehead atoms. The van der Waals surface area contributed by atoms with E-state index >= 15 is 0 Å². The number of carbonyl (C=O) groups excluding carboxylic acids is 1. The van der Waals surface area contributed by atoms with Gasteiger partial charge in [0.05, 0.1) is 12.5 Å². The number of nitrogens with zero attached hydrogens (tertiary/aromatic N) is 2. The van der Waals surface area contributed by atoms with Crippen molar-refractivity contribution in [3.63, 3.8) is 0 Å². The van der Waals surface area contributed by atoms with Gasteiger partial charge in [-0.15, -0.1) is 11.8 Å². The summed E-state index contributed by atoms with van der Waals surface area (Å²) in [7, 11) is 0. The molecule has 0 aliphatic rings. The molecule has 23 heavy (non-hydrogen) atoms. The third-order valence-corrected chi connectivity index (χ3v) is 4.26. The van der Waals surface area contributed by atoms with Crippen LogP contribution >= 0.6 is 11.8 Å². The molecule has 0 spiro atoms. The molecule has 1 amide bonds. The van der Waals surface area contributed by atoms with Gasteiger partial charge in [0.1, 0.15) is 6.04 Å². The number of aliphatic carboxylic acids is 1. The average Bonchev–Trinajstić information content (AvgIpc) is 3.07. The van der Waals surface area contributed by atoms with Gasteiger partial charge in [-0.25, -0.2) is 0 Å². The Morgan fingerprint density at radius 2 is 2.04 bits per heavy atom. The molecule has 122 valence electrons. The smallest absolute Gasteiger partial charge is 0.305 e. The molecule has 1 heterocycles. The quantitative estimate of drug-likeness (QED) is 0.761. The van der Waals surface area contributed by atoms with Crippen LogP contribution in [0.25, 0.3) is 0 Å². The first-order valence-electron chi connectivity index (χ1n) is 7.16. The Morgan fingerprint density at radius 3 is 2.57 bits per heavy atom. The van der Waals surface area contributed by atoms with Gasteiger partial charge in [-0.1, -0.05) is 12.1 Å². The van der Waals surface area contributed by atoms with Crippen molar-refractivity contribution in [3.8, 4) is 0 Å². The second-order valence-corrected chi connectivity index (χ2v) is 5.97. The lowest BCUT2D eigenvalue weighted by molar-refractivity contribution is -0.137. The van der Waals surface area contributed by atoms with E-state index in [1.807, 2.05) is 30.5 Å². The Kier molecular flexibility index (Phi) is 5.81. The summed E-state index contributed by atoms with van der Waals surface area (Å²) in [6.07, 6.45) is 5.09. The second kappa shape index (κ2) is 7.82. The molecule has 0 fully saturated rings. The third-order valence-electron chi connectivity index (χ3n) is 3.51. The Bertz CT molecular complexity index is 656. The SMILES string of the molecule is CSc1ccc(C(CC(=O)O)NC(=O)C(C)n2cccn2)cc1. The zero-order valence-electron chi connectivity index (χ0n) is 13.0. The monoisotopic (exact) mass is 333 g/mol. The standard InChI is InChI=1S/C16H19N3O3S/c1-11(19-9-3-8-17-19)16(22)18-14(10-15(20)21)12-4-6-13(23-2)7-5-12/h3-9,11,14H,10H2,1-2H3,(H,18,22)(H,20,21). The van der Waals surface area contributed by atoms with Gasteiger partial charge >= 0.3 is 5.97 Å². The number of carboxylic acids is 1. The molecule has 2 aromatic rings. The number of hydrogen-bond acceptors (Lipinski definition) is 4. The fraction of sp³-hybridized carbons (Fsp3) is 0.312. The normalized spacial score (nSPS) is 13.3. The highest BCUT2D eigenvalue weighted by molar-refractivity contribution is 7.98. The van der Waals surface area contributed by atoms with E-state index in [1.165, 1.54) is 4.68 Å². The van der Waals surface area contributed by atoms with Gasteiger partial charge in [-0.2, -0.15) is 5.10 Å². The van der Waals surface area contributed by atoms with Crippen molar-refractivity contribution in [2.24, 2.45) is 0 Å². The number of amides is 1. The fourth-order valence-corrected chi connectivity index (χ4v) is 2.59. The van der Waals surface area contributed by atoms with Crippen LogP contribution in [0.1, 0.15) is 31.0 Å². The summed E-state index contributed by atoms with van der Waals surface area (Å²) < 4.78 is 1.53. The number of rotatable bonds is 7. The molecule has 2 N–H and O–H groups in total. The Balaban J connectivity index is 2.14. The zero-order valence-corrected chi connectivity index (χ0v) is 13.8. The van der Waals surface area contributed by atoms with Gasteiger partial charge in [0.2, 0.25) is 5.91 Å². The van der Waals surface area contributed by atoms with Gasteiger partial charge in [0, 0.05) is 17.3 Å². The van der Waals surface area contributed by atoms with Crippen LogP contribution in [0, 0.1) is 0 Å². The first kappa shape index (κ1) is 17.1. The molecule has 6 nitrogen and oxygen atoms in total. The van der Waals surface area contributed by atoms with Crippen LogP contribution in [0.4, 0.5) is 0 Å². The largest absolute Gasteiger partial charge is 0.481 e. The van der Waals surface area contributed by atoms with E-state index in [2.05, 4.69) is 10.4 Å². The lowest BCUT2D eigenvalue weighted by atomic mass is 10.0. The molecule has 2 rings (SSSR count). The van der Waals surface area contributed by atoms with Crippen LogP contribution in [0.3, 0.4) is 0 Å². The van der Waals surface area contributed by atoms with Crippen molar-refractivity contribution in [1.82, 2.24) is 15.1 Å². The summed E-state index contributed by atoms with van der Waals surface area (Å²) in [5, 5.41) is 15.9. The highest BCUT2D eigenvalue weighted by Crippen LogP contribution is 2.22. The van der Waals surface area contributed by atoms with Crippen molar-refractivity contribution in [3.05, 3.63) is 48.3 Å². The number of hydrogen-bond donors (Lipinski definition) is 2. The molecule has 0 radical (unpaired) electrons. The maximum absolute atomic E-state index is 12.4. The predicted octanol–water partition coefficient (Wildman–Crippen LogP) is 2.50. The first-order chi connectivity index (χ1) is 11.0. The van der Waals surface area contributed by atoms with E-state index in [0.29, 0.717) is 0 Å². The summed E-state index contributed by atoms with van der Waals surface area (Å²) in [6.45, 7) is 1.72. The first-order valence-corrected chi connectivity index (χ1v) is 8.39. The lowest BCUT2D eigenvalue weighted by Crippen LogP contribution is -2.35. The van der Waals surface area contributed by atoms with Crippen LogP contribution in [0.15, 0.2) is 47.6 Å². The van der Waals surface area contributed by atoms with E-state index in [4.69, 9.17) is 5.11 Å². The van der Waals surface area contributed by atoms with E-state index < -0.39 is 18.1 Å². The van der Waals surface area contributed by atoms with E-state index in [9.17, 15) is 9.59 Å². The predicted molar refractivity (Wildman–Crippen MR) is 88.3 cm³/mol. The number of carbonyl (C=O) groups is 2. The summed E-state index contributed by atoms with van der Waals surface area (Å²) >= 11 is 1.60. The molecule has 0 aliphatic heterocycles. The van der Waals surface area contributed by atoms with Crippen molar-refractivity contribution in [1.29, 1.82) is 0 Å². The van der Waals surface area contributed by atoms with E-state index in [1.54, 1.807) is 37.1 Å². The minimum absolute atomic E-state index is 0.170. The van der Waals surface area contributed by atoms with Gasteiger partial charge in [0.25, 0.3) is 0 Å². The Hall–Kier alpha value is -2.28. The van der Waals surface area contributed by atoms with Crippen molar-refractivity contribution < 1.29 is 14.7 Å². The van der Waals surface area contributed by atoms with Gasteiger partial charge in [-0.3, -0.25) is 14.3 Å². The summed E-state index contributed by atoms with van der Waals surface area (Å²) in [5.74, 6) is -1.23. The molecule has 2 unspecified atom stereocenters. The molecule has 7 heteroatoms. The number of nitrogens with one attached hydrogen (secondary N) is 1. The minimum Gasteiger partial charge on any atom is -0.481 e. The number of carboxylic acid groups (broad SMARTS) is 1. The highest BCUT2D eigenvalue weighted by atomic mass is 32.2. The van der Waals surface area contributed by atoms with Crippen molar-refractivity contribution >= 4 is 23.6 Å². The van der Waals surface area contributed by atoms with Crippen molar-refractivity contribution in [2.75, 3.05) is 6.26 Å². The van der Waals surface area contributed by atoms with E-state index in [0.717, 1.165) is 10.5 Å². The molecule has 1 aromatic heterocycles. The van der Waals surface area contributed by atoms with Crippen molar-refractivity contribution in [2.45, 2.75) is 30.3 Å². The number of thioether (sulfide) groups is 1. The molecular formula is C16H19N3O3S. The van der Waals surface area contributed by atoms with E-state index in [-0.39, 0.29) is 12.3 Å². The topological polar surface area (TPSA) is 84.2 Å². The van der Waals surface area contributed by atoms with Crippen LogP contribution in [-0.2, 0) is 9.59 Å².